The van der Waals surface area contributed by atoms with Crippen molar-refractivity contribution in [2.45, 2.75) is 18.6 Å². The lowest BCUT2D eigenvalue weighted by molar-refractivity contribution is -0.596. The van der Waals surface area contributed by atoms with Gasteiger partial charge in [0, 0.05) is 0 Å². The molecular weight excluding hydrogens is 260 g/mol. The predicted molar refractivity (Wildman–Crippen MR) is 39.9 cm³/mol. The highest BCUT2D eigenvalue weighted by atomic mass is 19.4. The van der Waals surface area contributed by atoms with Crippen molar-refractivity contribution >= 4 is 0 Å². The SMILES string of the molecule is O=[N+]([O-])C1(F)CC=C(F)C(OC(F)(F)F)=C1F. The van der Waals surface area contributed by atoms with Gasteiger partial charge in [0.1, 0.15) is 0 Å². The van der Waals surface area contributed by atoms with E-state index in [1.807, 2.05) is 0 Å². The highest BCUT2D eigenvalue weighted by molar-refractivity contribution is 5.31. The summed E-state index contributed by atoms with van der Waals surface area (Å²) in [5, 5.41) is 10.2. The molecule has 1 unspecified atom stereocenters. The van der Waals surface area contributed by atoms with E-state index in [1.54, 1.807) is 0 Å². The smallest absolute Gasteiger partial charge is 0.399 e. The summed E-state index contributed by atoms with van der Waals surface area (Å²) < 4.78 is 77.2. The summed E-state index contributed by atoms with van der Waals surface area (Å²) >= 11 is 0. The Labute approximate surface area is 89.3 Å². The van der Waals surface area contributed by atoms with Crippen molar-refractivity contribution in [1.82, 2.24) is 0 Å². The van der Waals surface area contributed by atoms with Crippen LogP contribution in [0.1, 0.15) is 6.42 Å². The van der Waals surface area contributed by atoms with Crippen molar-refractivity contribution in [3.8, 4) is 0 Å². The maximum Gasteiger partial charge on any atom is 0.573 e. The fourth-order valence-corrected chi connectivity index (χ4v) is 1.05. The van der Waals surface area contributed by atoms with Gasteiger partial charge < -0.3 is 4.74 Å². The molecular formula is C7H3F6NO3. The molecule has 1 rings (SSSR count). The number of halogens is 6. The summed E-state index contributed by atoms with van der Waals surface area (Å²) in [4.78, 5) is 8.37. The number of nitro groups is 1. The molecule has 0 aliphatic heterocycles. The molecule has 0 saturated carbocycles. The minimum absolute atomic E-state index is 0.104. The molecule has 0 saturated heterocycles. The Morgan fingerprint density at radius 1 is 1.41 bits per heavy atom. The van der Waals surface area contributed by atoms with Gasteiger partial charge in [-0.2, -0.15) is 8.78 Å². The zero-order valence-corrected chi connectivity index (χ0v) is 7.72. The Bertz CT molecular complexity index is 414. The Morgan fingerprint density at radius 3 is 2.35 bits per heavy atom. The summed E-state index contributed by atoms with van der Waals surface area (Å²) in [6, 6.07) is 0. The van der Waals surface area contributed by atoms with Crippen LogP contribution in [0, 0.1) is 10.1 Å². The van der Waals surface area contributed by atoms with Crippen molar-refractivity contribution in [3.05, 3.63) is 33.6 Å². The van der Waals surface area contributed by atoms with Crippen molar-refractivity contribution in [3.63, 3.8) is 0 Å². The van der Waals surface area contributed by atoms with Gasteiger partial charge in [0.15, 0.2) is 5.83 Å². The molecule has 1 atom stereocenters. The number of hydrogen-bond donors (Lipinski definition) is 0. The molecule has 0 fully saturated rings. The highest BCUT2D eigenvalue weighted by Crippen LogP contribution is 2.40. The van der Waals surface area contributed by atoms with Crippen LogP contribution in [-0.2, 0) is 4.74 Å². The van der Waals surface area contributed by atoms with Crippen LogP contribution >= 0.6 is 0 Å². The van der Waals surface area contributed by atoms with Gasteiger partial charge in [-0.05, 0) is 6.08 Å². The van der Waals surface area contributed by atoms with E-state index in [4.69, 9.17) is 0 Å². The second kappa shape index (κ2) is 3.93. The quantitative estimate of drug-likeness (QED) is 0.333. The van der Waals surface area contributed by atoms with E-state index in [2.05, 4.69) is 4.74 Å². The molecule has 0 heterocycles. The molecule has 96 valence electrons. The topological polar surface area (TPSA) is 52.4 Å². The zero-order chi connectivity index (χ0) is 13.4. The van der Waals surface area contributed by atoms with Crippen molar-refractivity contribution < 1.29 is 36.0 Å². The third-order valence-corrected chi connectivity index (χ3v) is 1.81. The summed E-state index contributed by atoms with van der Waals surface area (Å²) in [5.74, 6) is -10.5. The van der Waals surface area contributed by atoms with Crippen LogP contribution in [0.3, 0.4) is 0 Å². The van der Waals surface area contributed by atoms with E-state index in [0.717, 1.165) is 0 Å². The summed E-state index contributed by atoms with van der Waals surface area (Å²) in [6.07, 6.45) is -6.75. The molecule has 0 amide bonds. The van der Waals surface area contributed by atoms with Crippen molar-refractivity contribution in [2.75, 3.05) is 0 Å². The molecule has 0 aromatic carbocycles. The van der Waals surface area contributed by atoms with Gasteiger partial charge in [0.05, 0.1) is 11.3 Å². The summed E-state index contributed by atoms with van der Waals surface area (Å²) in [6.45, 7) is 0. The van der Waals surface area contributed by atoms with Gasteiger partial charge in [-0.3, -0.25) is 10.1 Å². The van der Waals surface area contributed by atoms with Gasteiger partial charge in [-0.15, -0.1) is 13.2 Å². The number of rotatable bonds is 2. The van der Waals surface area contributed by atoms with Gasteiger partial charge in [-0.1, -0.05) is 0 Å². The molecule has 0 bridgehead atoms. The molecule has 0 N–H and O–H groups in total. The number of hydrogen-bond acceptors (Lipinski definition) is 3. The standard InChI is InChI=1S/C7H3F6NO3/c8-3-1-2-6(10,14(15)16)5(9)4(3)17-7(11,12)13/h1H,2H2. The first-order chi connectivity index (χ1) is 7.58. The van der Waals surface area contributed by atoms with Crippen molar-refractivity contribution in [1.29, 1.82) is 0 Å². The fourth-order valence-electron chi connectivity index (χ4n) is 1.05. The Balaban J connectivity index is 3.21. The minimum Gasteiger partial charge on any atom is -0.399 e. The van der Waals surface area contributed by atoms with E-state index < -0.39 is 40.9 Å². The van der Waals surface area contributed by atoms with E-state index in [-0.39, 0.29) is 6.08 Å². The average Bonchev–Trinajstić information content (AvgIpc) is 2.17. The molecule has 17 heavy (non-hydrogen) atoms. The third kappa shape index (κ3) is 2.50. The molecule has 0 aromatic heterocycles. The van der Waals surface area contributed by atoms with Crippen LogP contribution in [0.25, 0.3) is 0 Å². The number of ether oxygens (including phenoxy) is 1. The van der Waals surface area contributed by atoms with Crippen LogP contribution in [0.5, 0.6) is 0 Å². The van der Waals surface area contributed by atoms with Crippen LogP contribution < -0.4 is 0 Å². The Morgan fingerprint density at radius 2 is 1.94 bits per heavy atom. The highest BCUT2D eigenvalue weighted by Gasteiger charge is 2.54. The molecule has 0 spiro atoms. The van der Waals surface area contributed by atoms with Crippen LogP contribution in [-0.4, -0.2) is 17.1 Å². The monoisotopic (exact) mass is 263 g/mol. The molecule has 1 aliphatic rings. The maximum absolute atomic E-state index is 13.3. The van der Waals surface area contributed by atoms with E-state index in [0.29, 0.717) is 0 Å². The molecule has 0 aromatic rings. The normalized spacial score (nSPS) is 25.6. The van der Waals surface area contributed by atoms with E-state index in [9.17, 15) is 36.5 Å². The van der Waals surface area contributed by atoms with Crippen LogP contribution in [0.4, 0.5) is 26.3 Å². The van der Waals surface area contributed by atoms with Crippen LogP contribution in [0.15, 0.2) is 23.5 Å². The van der Waals surface area contributed by atoms with Gasteiger partial charge in [-0.25, -0.2) is 4.39 Å². The molecule has 10 heteroatoms. The zero-order valence-electron chi connectivity index (χ0n) is 7.72. The van der Waals surface area contributed by atoms with Crippen molar-refractivity contribution in [2.24, 2.45) is 0 Å². The minimum atomic E-state index is -5.49. The van der Waals surface area contributed by atoms with Gasteiger partial charge >= 0.3 is 12.2 Å². The second-order valence-electron chi connectivity index (χ2n) is 2.96. The van der Waals surface area contributed by atoms with E-state index >= 15 is 0 Å². The Hall–Kier alpha value is -1.74. The summed E-state index contributed by atoms with van der Waals surface area (Å²) in [5.41, 5.74) is 0. The van der Waals surface area contributed by atoms with Gasteiger partial charge in [0.2, 0.25) is 5.76 Å². The first kappa shape index (κ1) is 13.3. The van der Waals surface area contributed by atoms with Crippen LogP contribution in [0.2, 0.25) is 0 Å². The average molecular weight is 263 g/mol. The largest absolute Gasteiger partial charge is 0.573 e. The first-order valence-corrected chi connectivity index (χ1v) is 3.93. The maximum atomic E-state index is 13.3. The molecule has 1 aliphatic carbocycles. The molecule has 4 nitrogen and oxygen atoms in total. The summed E-state index contributed by atoms with van der Waals surface area (Å²) in [7, 11) is 0. The fraction of sp³-hybridized carbons (Fsp3) is 0.429. The lowest BCUT2D eigenvalue weighted by atomic mass is 10.0. The first-order valence-electron chi connectivity index (χ1n) is 3.93. The number of allylic oxidation sites excluding steroid dienone is 1. The lowest BCUT2D eigenvalue weighted by Gasteiger charge is -2.20. The lowest BCUT2D eigenvalue weighted by Crippen LogP contribution is -2.37. The van der Waals surface area contributed by atoms with Gasteiger partial charge in [0.25, 0.3) is 5.83 Å². The third-order valence-electron chi connectivity index (χ3n) is 1.81. The number of alkyl halides is 4. The predicted octanol–water partition coefficient (Wildman–Crippen LogP) is 2.90. The second-order valence-corrected chi connectivity index (χ2v) is 2.96. The molecule has 0 radical (unpaired) electrons. The van der Waals surface area contributed by atoms with E-state index in [1.165, 1.54) is 0 Å². The number of nitrogens with zero attached hydrogens (tertiary/aromatic N) is 1. The Kier molecular flexibility index (Phi) is 3.08.